The van der Waals surface area contributed by atoms with Gasteiger partial charge in [-0.15, -0.1) is 11.6 Å². The average molecular weight is 268 g/mol. The summed E-state index contributed by atoms with van der Waals surface area (Å²) in [5.74, 6) is 0.577. The molecule has 1 heterocycles. The molecular formula is C15H22ClNO. The summed E-state index contributed by atoms with van der Waals surface area (Å²) in [7, 11) is 0. The molecule has 0 radical (unpaired) electrons. The molecule has 1 fully saturated rings. The third-order valence-corrected chi connectivity index (χ3v) is 3.90. The van der Waals surface area contributed by atoms with E-state index in [4.69, 9.17) is 16.3 Å². The van der Waals surface area contributed by atoms with Crippen LogP contribution in [0.1, 0.15) is 23.6 Å². The molecule has 0 bridgehead atoms. The quantitative estimate of drug-likeness (QED) is 0.781. The molecule has 2 nitrogen and oxygen atoms in total. The molecule has 1 aromatic carbocycles. The smallest absolute Gasteiger partial charge is 0.0841 e. The Hall–Kier alpha value is -0.570. The molecule has 1 aromatic rings. The fraction of sp³-hybridized carbons (Fsp3) is 0.600. The molecule has 18 heavy (non-hydrogen) atoms. The number of rotatable bonds is 3. The lowest BCUT2D eigenvalue weighted by atomic mass is 10.1. The Morgan fingerprint density at radius 2 is 2.06 bits per heavy atom. The van der Waals surface area contributed by atoms with Gasteiger partial charge in [0, 0.05) is 25.5 Å². The highest BCUT2D eigenvalue weighted by molar-refractivity contribution is 6.18. The highest BCUT2D eigenvalue weighted by Gasteiger charge is 2.24. The molecule has 2 rings (SSSR count). The van der Waals surface area contributed by atoms with Crippen molar-refractivity contribution in [3.05, 3.63) is 34.9 Å². The summed E-state index contributed by atoms with van der Waals surface area (Å²) in [6, 6.07) is 6.71. The summed E-state index contributed by atoms with van der Waals surface area (Å²) >= 11 is 5.91. The number of nitrogens with zero attached hydrogens (tertiary/aromatic N) is 1. The summed E-state index contributed by atoms with van der Waals surface area (Å²) in [6.07, 6.45) is 0.441. The molecule has 0 aliphatic carbocycles. The molecule has 2 unspecified atom stereocenters. The molecule has 1 aliphatic rings. The van der Waals surface area contributed by atoms with E-state index >= 15 is 0 Å². The van der Waals surface area contributed by atoms with Gasteiger partial charge in [0.1, 0.15) is 0 Å². The van der Waals surface area contributed by atoms with Crippen LogP contribution >= 0.6 is 11.6 Å². The van der Waals surface area contributed by atoms with Crippen molar-refractivity contribution in [1.82, 2.24) is 4.90 Å². The standard InChI is InChI=1S/C15H22ClNO/c1-11-4-5-14(6-12(11)2)9-17-8-13(3)18-15(7-16)10-17/h4-6,13,15H,7-10H2,1-3H3. The predicted molar refractivity (Wildman–Crippen MR) is 76.2 cm³/mol. The first-order chi connectivity index (χ1) is 8.58. The lowest BCUT2D eigenvalue weighted by molar-refractivity contribution is -0.0688. The van der Waals surface area contributed by atoms with Gasteiger partial charge in [-0.2, -0.15) is 0 Å². The maximum Gasteiger partial charge on any atom is 0.0841 e. The van der Waals surface area contributed by atoms with Crippen LogP contribution in [0.2, 0.25) is 0 Å². The second-order valence-electron chi connectivity index (χ2n) is 5.34. The van der Waals surface area contributed by atoms with Crippen molar-refractivity contribution >= 4 is 11.6 Å². The van der Waals surface area contributed by atoms with E-state index in [9.17, 15) is 0 Å². The van der Waals surface area contributed by atoms with Crippen LogP contribution in [-0.4, -0.2) is 36.1 Å². The summed E-state index contributed by atoms with van der Waals surface area (Å²) in [4.78, 5) is 2.44. The van der Waals surface area contributed by atoms with Crippen LogP contribution in [0.4, 0.5) is 0 Å². The van der Waals surface area contributed by atoms with Crippen molar-refractivity contribution < 1.29 is 4.74 Å². The first-order valence-electron chi connectivity index (χ1n) is 6.58. The number of hydrogen-bond donors (Lipinski definition) is 0. The van der Waals surface area contributed by atoms with Crippen LogP contribution in [0.5, 0.6) is 0 Å². The van der Waals surface area contributed by atoms with Crippen molar-refractivity contribution in [3.8, 4) is 0 Å². The Kier molecular flexibility index (Phi) is 4.66. The molecule has 1 aliphatic heterocycles. The van der Waals surface area contributed by atoms with Gasteiger partial charge in [0.2, 0.25) is 0 Å². The molecule has 0 spiro atoms. The average Bonchev–Trinajstić information content (AvgIpc) is 2.33. The third kappa shape index (κ3) is 3.47. The lowest BCUT2D eigenvalue weighted by Gasteiger charge is -2.36. The maximum atomic E-state index is 5.91. The number of aryl methyl sites for hydroxylation is 2. The minimum atomic E-state index is 0.168. The van der Waals surface area contributed by atoms with E-state index in [1.807, 2.05) is 0 Å². The first kappa shape index (κ1) is 13.9. The first-order valence-corrected chi connectivity index (χ1v) is 7.12. The topological polar surface area (TPSA) is 12.5 Å². The highest BCUT2D eigenvalue weighted by Crippen LogP contribution is 2.17. The Labute approximate surface area is 115 Å². The van der Waals surface area contributed by atoms with Crippen molar-refractivity contribution in [2.45, 2.75) is 39.5 Å². The second kappa shape index (κ2) is 6.05. The normalized spacial score (nSPS) is 25.3. The number of morpholine rings is 1. The molecular weight excluding hydrogens is 246 g/mol. The number of benzene rings is 1. The fourth-order valence-corrected chi connectivity index (χ4v) is 2.69. The molecule has 100 valence electrons. The van der Waals surface area contributed by atoms with Crippen molar-refractivity contribution in [2.75, 3.05) is 19.0 Å². The summed E-state index contributed by atoms with van der Waals surface area (Å²) in [5, 5.41) is 0. The predicted octanol–water partition coefficient (Wildman–Crippen LogP) is 3.13. The Bertz CT molecular complexity index is 407. The largest absolute Gasteiger partial charge is 0.371 e. The Morgan fingerprint density at radius 3 is 2.72 bits per heavy atom. The Morgan fingerprint density at radius 1 is 1.28 bits per heavy atom. The van der Waals surface area contributed by atoms with Gasteiger partial charge in [0.05, 0.1) is 12.2 Å². The van der Waals surface area contributed by atoms with Crippen molar-refractivity contribution in [3.63, 3.8) is 0 Å². The third-order valence-electron chi connectivity index (χ3n) is 3.55. The molecule has 0 amide bonds. The van der Waals surface area contributed by atoms with Gasteiger partial charge in [-0.3, -0.25) is 4.90 Å². The number of halogens is 1. The van der Waals surface area contributed by atoms with E-state index in [0.717, 1.165) is 19.6 Å². The minimum absolute atomic E-state index is 0.168. The highest BCUT2D eigenvalue weighted by atomic mass is 35.5. The minimum Gasteiger partial charge on any atom is -0.371 e. The van der Waals surface area contributed by atoms with Gasteiger partial charge >= 0.3 is 0 Å². The van der Waals surface area contributed by atoms with E-state index in [2.05, 4.69) is 43.9 Å². The molecule has 0 saturated carbocycles. The molecule has 0 N–H and O–H groups in total. The van der Waals surface area contributed by atoms with Gasteiger partial charge in [0.25, 0.3) is 0 Å². The van der Waals surface area contributed by atoms with Crippen LogP contribution in [-0.2, 0) is 11.3 Å². The van der Waals surface area contributed by atoms with Gasteiger partial charge in [-0.25, -0.2) is 0 Å². The van der Waals surface area contributed by atoms with Gasteiger partial charge in [0.15, 0.2) is 0 Å². The number of ether oxygens (including phenoxy) is 1. The molecule has 3 heteroatoms. The van der Waals surface area contributed by atoms with Crippen molar-refractivity contribution in [2.24, 2.45) is 0 Å². The van der Waals surface area contributed by atoms with E-state index in [1.165, 1.54) is 16.7 Å². The van der Waals surface area contributed by atoms with Gasteiger partial charge in [-0.05, 0) is 37.5 Å². The van der Waals surface area contributed by atoms with E-state index in [-0.39, 0.29) is 12.2 Å². The molecule has 1 saturated heterocycles. The SMILES string of the molecule is Cc1ccc(CN2CC(C)OC(CCl)C2)cc1C. The van der Waals surface area contributed by atoms with Crippen molar-refractivity contribution in [1.29, 1.82) is 0 Å². The van der Waals surface area contributed by atoms with Crippen LogP contribution in [0.3, 0.4) is 0 Å². The van der Waals surface area contributed by atoms with Crippen LogP contribution in [0.15, 0.2) is 18.2 Å². The maximum absolute atomic E-state index is 5.91. The Balaban J connectivity index is 2.01. The fourth-order valence-electron chi connectivity index (χ4n) is 2.52. The monoisotopic (exact) mass is 267 g/mol. The summed E-state index contributed by atoms with van der Waals surface area (Å²) in [6.45, 7) is 9.34. The van der Waals surface area contributed by atoms with E-state index in [0.29, 0.717) is 5.88 Å². The summed E-state index contributed by atoms with van der Waals surface area (Å²) in [5.41, 5.74) is 4.09. The van der Waals surface area contributed by atoms with Gasteiger partial charge in [-0.1, -0.05) is 18.2 Å². The molecule has 0 aromatic heterocycles. The lowest BCUT2D eigenvalue weighted by Crippen LogP contribution is -2.46. The summed E-state index contributed by atoms with van der Waals surface area (Å²) < 4.78 is 5.77. The van der Waals surface area contributed by atoms with Gasteiger partial charge < -0.3 is 4.74 Å². The van der Waals surface area contributed by atoms with Crippen LogP contribution < -0.4 is 0 Å². The molecule has 2 atom stereocenters. The zero-order chi connectivity index (χ0) is 13.1. The zero-order valence-corrected chi connectivity index (χ0v) is 12.2. The van der Waals surface area contributed by atoms with E-state index < -0.39 is 0 Å². The number of hydrogen-bond acceptors (Lipinski definition) is 2. The van der Waals surface area contributed by atoms with E-state index in [1.54, 1.807) is 0 Å². The second-order valence-corrected chi connectivity index (χ2v) is 5.64. The van der Waals surface area contributed by atoms with Crippen LogP contribution in [0.25, 0.3) is 0 Å². The zero-order valence-electron chi connectivity index (χ0n) is 11.4. The van der Waals surface area contributed by atoms with Crippen LogP contribution in [0, 0.1) is 13.8 Å². The number of alkyl halides is 1.